The van der Waals surface area contributed by atoms with Crippen LogP contribution in [0, 0.1) is 0 Å². The summed E-state index contributed by atoms with van der Waals surface area (Å²) >= 11 is 1.96. The minimum Gasteiger partial charge on any atom is -0.378 e. The van der Waals surface area contributed by atoms with Crippen molar-refractivity contribution in [3.8, 4) is 0 Å². The zero-order chi connectivity index (χ0) is 11.6. The quantitative estimate of drug-likeness (QED) is 0.727. The van der Waals surface area contributed by atoms with Crippen LogP contribution < -0.4 is 0 Å². The Kier molecular flexibility index (Phi) is 4.10. The first-order valence-corrected chi connectivity index (χ1v) is 9.13. The first-order chi connectivity index (χ1) is 7.54. The summed E-state index contributed by atoms with van der Waals surface area (Å²) in [7, 11) is 2.02. The fourth-order valence-electron chi connectivity index (χ4n) is 2.01. The average molecular weight is 285 g/mol. The summed E-state index contributed by atoms with van der Waals surface area (Å²) in [5.41, 5.74) is 0. The molecule has 2 fully saturated rings. The van der Waals surface area contributed by atoms with Gasteiger partial charge in [-0.25, -0.2) is 8.42 Å². The van der Waals surface area contributed by atoms with Gasteiger partial charge in [0, 0.05) is 17.3 Å². The van der Waals surface area contributed by atoms with E-state index in [-0.39, 0.29) is 0 Å². The van der Waals surface area contributed by atoms with Crippen LogP contribution in [-0.2, 0) is 13.8 Å². The van der Waals surface area contributed by atoms with Gasteiger partial charge >= 0.3 is 0 Å². The second kappa shape index (κ2) is 5.04. The highest BCUT2D eigenvalue weighted by atomic mass is 35.7. The molecule has 0 N–H and O–H groups in total. The standard InChI is InChI=1S/C10H17ClO3S2/c11-16(12,13)10(3-4-10)5-6-14-9-1-7-15-8-2-9/h9H,1-8H2. The van der Waals surface area contributed by atoms with Gasteiger partial charge in [-0.15, -0.1) is 0 Å². The molecule has 0 aromatic heterocycles. The predicted octanol–water partition coefficient (Wildman–Crippen LogP) is 2.39. The first-order valence-electron chi connectivity index (χ1n) is 5.67. The molecule has 16 heavy (non-hydrogen) atoms. The van der Waals surface area contributed by atoms with E-state index in [2.05, 4.69) is 0 Å². The van der Waals surface area contributed by atoms with Gasteiger partial charge in [0.25, 0.3) is 0 Å². The largest absolute Gasteiger partial charge is 0.378 e. The summed E-state index contributed by atoms with van der Waals surface area (Å²) in [6.45, 7) is 0.529. The third-order valence-corrected chi connectivity index (χ3v) is 7.08. The SMILES string of the molecule is O=S(=O)(Cl)C1(CCOC2CCSCC2)CC1. The minimum absolute atomic E-state index is 0.329. The van der Waals surface area contributed by atoms with Crippen LogP contribution in [0.3, 0.4) is 0 Å². The van der Waals surface area contributed by atoms with E-state index in [1.807, 2.05) is 11.8 Å². The van der Waals surface area contributed by atoms with Crippen molar-refractivity contribution < 1.29 is 13.2 Å². The Bertz CT molecular complexity index is 332. The van der Waals surface area contributed by atoms with E-state index in [9.17, 15) is 8.42 Å². The Hall–Kier alpha value is 0.550. The van der Waals surface area contributed by atoms with Gasteiger partial charge in [0.05, 0.1) is 10.9 Å². The van der Waals surface area contributed by atoms with Crippen molar-refractivity contribution in [2.24, 2.45) is 0 Å². The third kappa shape index (κ3) is 3.06. The summed E-state index contributed by atoms with van der Waals surface area (Å²) < 4.78 is 27.7. The molecule has 3 nitrogen and oxygen atoms in total. The van der Waals surface area contributed by atoms with Gasteiger partial charge in [-0.3, -0.25) is 0 Å². The van der Waals surface area contributed by atoms with Crippen molar-refractivity contribution in [1.29, 1.82) is 0 Å². The Morgan fingerprint density at radius 2 is 1.94 bits per heavy atom. The van der Waals surface area contributed by atoms with Crippen molar-refractivity contribution >= 4 is 31.5 Å². The first kappa shape index (κ1) is 13.0. The highest BCUT2D eigenvalue weighted by molar-refractivity contribution is 8.15. The van der Waals surface area contributed by atoms with Gasteiger partial charge in [0.1, 0.15) is 0 Å². The molecule has 1 heterocycles. The van der Waals surface area contributed by atoms with E-state index in [4.69, 9.17) is 15.4 Å². The van der Waals surface area contributed by atoms with Gasteiger partial charge in [-0.1, -0.05) is 0 Å². The molecule has 0 spiro atoms. The molecule has 0 aromatic rings. The lowest BCUT2D eigenvalue weighted by Crippen LogP contribution is -2.24. The average Bonchev–Trinajstić information content (AvgIpc) is 3.00. The Labute approximate surface area is 106 Å². The Balaban J connectivity index is 1.72. The maximum Gasteiger partial charge on any atom is 0.238 e. The number of hydrogen-bond acceptors (Lipinski definition) is 4. The van der Waals surface area contributed by atoms with Crippen molar-refractivity contribution in [1.82, 2.24) is 0 Å². The van der Waals surface area contributed by atoms with Crippen molar-refractivity contribution in [2.75, 3.05) is 18.1 Å². The molecule has 1 aliphatic heterocycles. The molecule has 0 radical (unpaired) electrons. The summed E-state index contributed by atoms with van der Waals surface area (Å²) in [6.07, 6.45) is 4.46. The summed E-state index contributed by atoms with van der Waals surface area (Å²) in [5, 5.41) is 0. The Morgan fingerprint density at radius 1 is 1.31 bits per heavy atom. The molecule has 1 saturated heterocycles. The molecule has 6 heteroatoms. The number of rotatable bonds is 5. The second-order valence-electron chi connectivity index (χ2n) is 4.55. The predicted molar refractivity (Wildman–Crippen MR) is 67.7 cm³/mol. The smallest absolute Gasteiger partial charge is 0.238 e. The number of ether oxygens (including phenoxy) is 1. The summed E-state index contributed by atoms with van der Waals surface area (Å²) in [6, 6.07) is 0. The lowest BCUT2D eigenvalue weighted by atomic mass is 10.2. The van der Waals surface area contributed by atoms with Crippen LogP contribution in [0.5, 0.6) is 0 Å². The maximum atomic E-state index is 11.3. The van der Waals surface area contributed by atoms with Crippen LogP contribution in [-0.4, -0.2) is 37.4 Å². The molecule has 2 rings (SSSR count). The molecule has 1 saturated carbocycles. The molecule has 94 valence electrons. The molecular weight excluding hydrogens is 268 g/mol. The summed E-state index contributed by atoms with van der Waals surface area (Å²) in [4.78, 5) is 0. The minimum atomic E-state index is -3.41. The highest BCUT2D eigenvalue weighted by Gasteiger charge is 2.53. The van der Waals surface area contributed by atoms with Gasteiger partial charge in [0.2, 0.25) is 9.05 Å². The van der Waals surface area contributed by atoms with Crippen LogP contribution in [0.25, 0.3) is 0 Å². The molecule has 0 aromatic carbocycles. The van der Waals surface area contributed by atoms with Crippen molar-refractivity contribution in [3.63, 3.8) is 0 Å². The number of hydrogen-bond donors (Lipinski definition) is 0. The molecule has 1 aliphatic carbocycles. The van der Waals surface area contributed by atoms with Crippen LogP contribution in [0.1, 0.15) is 32.1 Å². The van der Waals surface area contributed by atoms with Gasteiger partial charge in [-0.2, -0.15) is 11.8 Å². The van der Waals surface area contributed by atoms with E-state index >= 15 is 0 Å². The van der Waals surface area contributed by atoms with E-state index < -0.39 is 13.8 Å². The number of halogens is 1. The molecule has 0 amide bonds. The van der Waals surface area contributed by atoms with E-state index in [1.165, 1.54) is 0 Å². The normalized spacial score (nSPS) is 25.6. The lowest BCUT2D eigenvalue weighted by molar-refractivity contribution is 0.0454. The third-order valence-electron chi connectivity index (χ3n) is 3.40. The molecule has 0 bridgehead atoms. The van der Waals surface area contributed by atoms with Crippen LogP contribution in [0.15, 0.2) is 0 Å². The zero-order valence-electron chi connectivity index (χ0n) is 9.15. The topological polar surface area (TPSA) is 43.4 Å². The highest BCUT2D eigenvalue weighted by Crippen LogP contribution is 2.48. The van der Waals surface area contributed by atoms with Crippen molar-refractivity contribution in [2.45, 2.75) is 43.0 Å². The molecule has 0 atom stereocenters. The molecular formula is C10H17ClO3S2. The fourth-order valence-corrected chi connectivity index (χ4v) is 4.68. The Morgan fingerprint density at radius 3 is 2.44 bits per heavy atom. The van der Waals surface area contributed by atoms with Gasteiger partial charge in [-0.05, 0) is 43.6 Å². The van der Waals surface area contributed by atoms with Gasteiger partial charge in [0.15, 0.2) is 0 Å². The zero-order valence-corrected chi connectivity index (χ0v) is 11.5. The van der Waals surface area contributed by atoms with E-state index in [0.717, 1.165) is 24.3 Å². The molecule has 2 aliphatic rings. The number of thioether (sulfide) groups is 1. The van der Waals surface area contributed by atoms with Crippen molar-refractivity contribution in [3.05, 3.63) is 0 Å². The van der Waals surface area contributed by atoms with Crippen LogP contribution >= 0.6 is 22.4 Å². The van der Waals surface area contributed by atoms with Crippen LogP contribution in [0.2, 0.25) is 0 Å². The second-order valence-corrected chi connectivity index (χ2v) is 8.74. The van der Waals surface area contributed by atoms with Gasteiger partial charge < -0.3 is 4.74 Å². The molecule has 0 unspecified atom stereocenters. The monoisotopic (exact) mass is 284 g/mol. The van der Waals surface area contributed by atoms with Crippen LogP contribution in [0.4, 0.5) is 0 Å². The van der Waals surface area contributed by atoms with E-state index in [0.29, 0.717) is 32.0 Å². The van der Waals surface area contributed by atoms with E-state index in [1.54, 1.807) is 0 Å². The maximum absolute atomic E-state index is 11.3. The summed E-state index contributed by atoms with van der Waals surface area (Å²) in [5.74, 6) is 2.31. The lowest BCUT2D eigenvalue weighted by Gasteiger charge is -2.22. The fraction of sp³-hybridized carbons (Fsp3) is 1.00.